The van der Waals surface area contributed by atoms with Gasteiger partial charge in [0.2, 0.25) is 5.91 Å². The van der Waals surface area contributed by atoms with E-state index in [1.54, 1.807) is 12.1 Å². The number of hydrogen-bond acceptors (Lipinski definition) is 6. The Bertz CT molecular complexity index is 1010. The Balaban J connectivity index is 1.29. The van der Waals surface area contributed by atoms with Crippen LogP contribution in [0.1, 0.15) is 25.3 Å². The van der Waals surface area contributed by atoms with Crippen molar-refractivity contribution in [3.05, 3.63) is 46.7 Å². The zero-order valence-corrected chi connectivity index (χ0v) is 18.5. The molecule has 7 nitrogen and oxygen atoms in total. The number of anilines is 1. The van der Waals surface area contributed by atoms with Gasteiger partial charge in [-0.15, -0.1) is 0 Å². The number of phenolic OH excluding ortho intramolecular Hbond substituents is 1. The lowest BCUT2D eigenvalue weighted by molar-refractivity contribution is -0.114. The second-order valence-corrected chi connectivity index (χ2v) is 8.87. The largest absolute Gasteiger partial charge is 0.506 e. The van der Waals surface area contributed by atoms with Crippen LogP contribution in [0.3, 0.4) is 0 Å². The van der Waals surface area contributed by atoms with Gasteiger partial charge in [-0.2, -0.15) is 0 Å². The molecule has 0 bridgehead atoms. The second kappa shape index (κ2) is 9.13. The first kappa shape index (κ1) is 22.6. The van der Waals surface area contributed by atoms with Gasteiger partial charge in [0.1, 0.15) is 41.4 Å². The van der Waals surface area contributed by atoms with Gasteiger partial charge in [-0.25, -0.2) is 4.39 Å². The van der Waals surface area contributed by atoms with E-state index in [2.05, 4.69) is 10.2 Å². The maximum Gasteiger partial charge on any atom is 0.221 e. The molecule has 2 aliphatic heterocycles. The van der Waals surface area contributed by atoms with Gasteiger partial charge in [-0.3, -0.25) is 4.79 Å². The number of benzene rings is 2. The van der Waals surface area contributed by atoms with Gasteiger partial charge in [0.05, 0.1) is 10.7 Å². The summed E-state index contributed by atoms with van der Waals surface area (Å²) in [6.45, 7) is 3.23. The van der Waals surface area contributed by atoms with Crippen LogP contribution >= 0.6 is 11.6 Å². The fraction of sp³-hybridized carbons (Fsp3) is 0.435. The molecule has 2 aromatic rings. The molecule has 1 saturated heterocycles. The zero-order chi connectivity index (χ0) is 22.9. The van der Waals surface area contributed by atoms with E-state index in [1.807, 2.05) is 0 Å². The van der Waals surface area contributed by atoms with E-state index in [4.69, 9.17) is 21.1 Å². The van der Waals surface area contributed by atoms with Crippen molar-refractivity contribution in [3.63, 3.8) is 0 Å². The number of carbonyl (C=O) groups excluding carboxylic acids is 1. The Morgan fingerprint density at radius 2 is 2.09 bits per heavy atom. The molecular formula is C23H26ClFN2O5. The summed E-state index contributed by atoms with van der Waals surface area (Å²) < 4.78 is 25.3. The first-order valence-corrected chi connectivity index (χ1v) is 10.9. The number of aliphatic hydroxyl groups excluding tert-OH is 1. The molecule has 0 unspecified atom stereocenters. The highest BCUT2D eigenvalue weighted by Crippen LogP contribution is 2.41. The molecule has 1 atom stereocenters. The van der Waals surface area contributed by atoms with Crippen LogP contribution in [-0.2, 0) is 11.2 Å². The van der Waals surface area contributed by atoms with Crippen LogP contribution in [0.25, 0.3) is 0 Å². The van der Waals surface area contributed by atoms with Crippen molar-refractivity contribution in [1.29, 1.82) is 0 Å². The van der Waals surface area contributed by atoms with Gasteiger partial charge in [0.15, 0.2) is 0 Å². The molecule has 32 heavy (non-hydrogen) atoms. The number of phenols is 1. The van der Waals surface area contributed by atoms with Crippen LogP contribution in [0.15, 0.2) is 30.3 Å². The molecule has 4 rings (SSSR count). The number of likely N-dealkylation sites (tertiary alicyclic amines) is 1. The number of aromatic hydroxyl groups is 1. The highest BCUT2D eigenvalue weighted by atomic mass is 35.5. The zero-order valence-electron chi connectivity index (χ0n) is 17.7. The third kappa shape index (κ3) is 5.09. The predicted octanol–water partition coefficient (Wildman–Crippen LogP) is 3.35. The van der Waals surface area contributed by atoms with E-state index in [9.17, 15) is 19.4 Å². The first-order valence-electron chi connectivity index (χ1n) is 10.5. The summed E-state index contributed by atoms with van der Waals surface area (Å²) in [6, 6.07) is 7.36. The predicted molar refractivity (Wildman–Crippen MR) is 118 cm³/mol. The Kier molecular flexibility index (Phi) is 6.46. The summed E-state index contributed by atoms with van der Waals surface area (Å²) >= 11 is 5.91. The summed E-state index contributed by atoms with van der Waals surface area (Å²) in [5.74, 6) is 0.251. The molecular weight excluding hydrogens is 439 g/mol. The number of rotatable bonds is 6. The SMILES string of the molecule is CC(=O)Nc1cc(Cl)c(O)cc1OC[C@@H](O)CN1CCC2(CC1)Cc1cc(F)ccc1O2. The Morgan fingerprint density at radius 3 is 2.81 bits per heavy atom. The quantitative estimate of drug-likeness (QED) is 0.568. The van der Waals surface area contributed by atoms with Crippen molar-refractivity contribution in [2.75, 3.05) is 31.6 Å². The first-order chi connectivity index (χ1) is 15.2. The number of halogens is 2. The van der Waals surface area contributed by atoms with Gasteiger partial charge < -0.3 is 29.9 Å². The number of amides is 1. The lowest BCUT2D eigenvalue weighted by Crippen LogP contribution is -2.49. The van der Waals surface area contributed by atoms with Crippen LogP contribution in [0.5, 0.6) is 17.2 Å². The monoisotopic (exact) mass is 464 g/mol. The van der Waals surface area contributed by atoms with Crippen molar-refractivity contribution in [2.24, 2.45) is 0 Å². The molecule has 0 aliphatic carbocycles. The molecule has 2 heterocycles. The summed E-state index contributed by atoms with van der Waals surface area (Å²) in [6.07, 6.45) is 1.50. The number of carbonyl (C=O) groups is 1. The number of fused-ring (bicyclic) bond motifs is 1. The number of piperidine rings is 1. The maximum absolute atomic E-state index is 13.5. The van der Waals surface area contributed by atoms with E-state index in [-0.39, 0.29) is 40.5 Å². The number of aliphatic hydroxyl groups is 1. The van der Waals surface area contributed by atoms with Crippen LogP contribution in [0.2, 0.25) is 5.02 Å². The minimum Gasteiger partial charge on any atom is -0.506 e. The average Bonchev–Trinajstić information content (AvgIpc) is 3.08. The lowest BCUT2D eigenvalue weighted by atomic mass is 9.87. The minimum absolute atomic E-state index is 0.0173. The van der Waals surface area contributed by atoms with E-state index in [0.29, 0.717) is 18.7 Å². The Morgan fingerprint density at radius 1 is 1.34 bits per heavy atom. The van der Waals surface area contributed by atoms with Crippen molar-refractivity contribution < 1.29 is 28.9 Å². The molecule has 1 fully saturated rings. The van der Waals surface area contributed by atoms with Crippen LogP contribution < -0.4 is 14.8 Å². The molecule has 2 aromatic carbocycles. The Labute approximate surface area is 190 Å². The minimum atomic E-state index is -0.775. The third-order valence-corrected chi connectivity index (χ3v) is 6.19. The fourth-order valence-corrected chi connectivity index (χ4v) is 4.47. The highest BCUT2D eigenvalue weighted by Gasteiger charge is 2.42. The standard InChI is InChI=1S/C23H26ClFN2O5/c1-14(28)26-19-9-18(24)20(30)10-22(19)31-13-17(29)12-27-6-4-23(5-7-27)11-15-8-16(25)2-3-21(15)32-23/h2-3,8-10,17,29-30H,4-7,11-13H2,1H3,(H,26,28)/t17-/m0/s1. The molecule has 0 saturated carbocycles. The average molecular weight is 465 g/mol. The van der Waals surface area contributed by atoms with Crippen molar-refractivity contribution in [1.82, 2.24) is 4.90 Å². The Hall–Kier alpha value is -2.55. The van der Waals surface area contributed by atoms with E-state index < -0.39 is 6.10 Å². The van der Waals surface area contributed by atoms with Gasteiger partial charge >= 0.3 is 0 Å². The molecule has 172 valence electrons. The summed E-state index contributed by atoms with van der Waals surface area (Å²) in [4.78, 5) is 13.5. The summed E-state index contributed by atoms with van der Waals surface area (Å²) in [7, 11) is 0. The number of ether oxygens (including phenoxy) is 2. The molecule has 3 N–H and O–H groups in total. The van der Waals surface area contributed by atoms with E-state index in [1.165, 1.54) is 25.1 Å². The molecule has 9 heteroatoms. The third-order valence-electron chi connectivity index (χ3n) is 5.89. The summed E-state index contributed by atoms with van der Waals surface area (Å²) in [5.41, 5.74) is 0.928. The van der Waals surface area contributed by atoms with Crippen LogP contribution in [0, 0.1) is 5.82 Å². The normalized spacial score (nSPS) is 18.1. The topological polar surface area (TPSA) is 91.3 Å². The number of β-amino-alcohol motifs (C(OH)–C–C–N with tert-alkyl or cyclic N) is 1. The van der Waals surface area contributed by atoms with Gasteiger partial charge in [0, 0.05) is 57.5 Å². The van der Waals surface area contributed by atoms with Crippen molar-refractivity contribution >= 4 is 23.2 Å². The maximum atomic E-state index is 13.5. The number of hydrogen-bond donors (Lipinski definition) is 3. The van der Waals surface area contributed by atoms with Crippen molar-refractivity contribution in [3.8, 4) is 17.2 Å². The van der Waals surface area contributed by atoms with Crippen molar-refractivity contribution in [2.45, 2.75) is 37.9 Å². The lowest BCUT2D eigenvalue weighted by Gasteiger charge is -2.39. The van der Waals surface area contributed by atoms with Gasteiger partial charge in [-0.05, 0) is 24.3 Å². The van der Waals surface area contributed by atoms with Gasteiger partial charge in [0.25, 0.3) is 0 Å². The van der Waals surface area contributed by atoms with Crippen LogP contribution in [-0.4, -0.2) is 59.0 Å². The van der Waals surface area contributed by atoms with Gasteiger partial charge in [-0.1, -0.05) is 11.6 Å². The van der Waals surface area contributed by atoms with E-state index in [0.717, 1.165) is 37.2 Å². The molecule has 2 aliphatic rings. The van der Waals surface area contributed by atoms with Crippen LogP contribution in [0.4, 0.5) is 10.1 Å². The fourth-order valence-electron chi connectivity index (χ4n) is 4.31. The number of nitrogens with one attached hydrogen (secondary N) is 1. The number of nitrogens with zero attached hydrogens (tertiary/aromatic N) is 1. The molecule has 1 amide bonds. The smallest absolute Gasteiger partial charge is 0.221 e. The summed E-state index contributed by atoms with van der Waals surface area (Å²) in [5, 5.41) is 23.0. The molecule has 0 radical (unpaired) electrons. The molecule has 1 spiro atoms. The second-order valence-electron chi connectivity index (χ2n) is 8.46. The highest BCUT2D eigenvalue weighted by molar-refractivity contribution is 6.32. The van der Waals surface area contributed by atoms with E-state index >= 15 is 0 Å². The molecule has 0 aromatic heterocycles.